The van der Waals surface area contributed by atoms with Crippen molar-refractivity contribution in [1.82, 2.24) is 10.0 Å². The van der Waals surface area contributed by atoms with E-state index in [4.69, 9.17) is 0 Å². The highest BCUT2D eigenvalue weighted by Crippen LogP contribution is 2.22. The second-order valence-corrected chi connectivity index (χ2v) is 6.81. The largest absolute Gasteiger partial charge is 0.393 e. The SMILES string of the molecule is Cl.O=S(=O)(NC1CCCNC1)c1ccc(CC(F)(F)F)cc1. The lowest BCUT2D eigenvalue weighted by molar-refractivity contribution is -0.127. The Labute approximate surface area is 133 Å². The average molecular weight is 359 g/mol. The van der Waals surface area contributed by atoms with Crippen molar-refractivity contribution in [2.75, 3.05) is 13.1 Å². The van der Waals surface area contributed by atoms with E-state index in [1.54, 1.807) is 0 Å². The van der Waals surface area contributed by atoms with Gasteiger partial charge in [-0.3, -0.25) is 0 Å². The van der Waals surface area contributed by atoms with Crippen LogP contribution in [0.3, 0.4) is 0 Å². The molecular weight excluding hydrogens is 341 g/mol. The van der Waals surface area contributed by atoms with Gasteiger partial charge in [-0.05, 0) is 37.1 Å². The summed E-state index contributed by atoms with van der Waals surface area (Å²) in [6.45, 7) is 1.43. The van der Waals surface area contributed by atoms with Crippen LogP contribution >= 0.6 is 12.4 Å². The summed E-state index contributed by atoms with van der Waals surface area (Å²) in [5.74, 6) is 0. The van der Waals surface area contributed by atoms with E-state index in [1.807, 2.05) is 0 Å². The highest BCUT2D eigenvalue weighted by atomic mass is 35.5. The molecule has 9 heteroatoms. The molecule has 1 unspecified atom stereocenters. The highest BCUT2D eigenvalue weighted by Gasteiger charge is 2.28. The number of rotatable bonds is 4. The summed E-state index contributed by atoms with van der Waals surface area (Å²) >= 11 is 0. The smallest absolute Gasteiger partial charge is 0.315 e. The first-order valence-electron chi connectivity index (χ1n) is 6.65. The number of piperidine rings is 1. The minimum Gasteiger partial charge on any atom is -0.315 e. The van der Waals surface area contributed by atoms with Gasteiger partial charge in [-0.2, -0.15) is 13.2 Å². The molecule has 1 saturated heterocycles. The van der Waals surface area contributed by atoms with Gasteiger partial charge in [-0.25, -0.2) is 13.1 Å². The molecule has 1 aromatic rings. The highest BCUT2D eigenvalue weighted by molar-refractivity contribution is 7.89. The molecule has 0 saturated carbocycles. The van der Waals surface area contributed by atoms with Crippen molar-refractivity contribution in [3.05, 3.63) is 29.8 Å². The summed E-state index contributed by atoms with van der Waals surface area (Å²) < 4.78 is 63.6. The van der Waals surface area contributed by atoms with Crippen molar-refractivity contribution in [2.24, 2.45) is 0 Å². The molecule has 0 spiro atoms. The van der Waals surface area contributed by atoms with Gasteiger partial charge >= 0.3 is 6.18 Å². The fourth-order valence-corrected chi connectivity index (χ4v) is 3.53. The molecule has 1 aliphatic heterocycles. The molecule has 1 fully saturated rings. The third-order valence-corrected chi connectivity index (χ3v) is 4.79. The molecule has 0 radical (unpaired) electrons. The summed E-state index contributed by atoms with van der Waals surface area (Å²) in [5.41, 5.74) is 0.0424. The van der Waals surface area contributed by atoms with Crippen LogP contribution in [0, 0.1) is 0 Å². The molecule has 1 atom stereocenters. The van der Waals surface area contributed by atoms with Gasteiger partial charge < -0.3 is 5.32 Å². The fourth-order valence-electron chi connectivity index (χ4n) is 2.26. The van der Waals surface area contributed by atoms with E-state index < -0.39 is 22.6 Å². The van der Waals surface area contributed by atoms with Crippen molar-refractivity contribution < 1.29 is 21.6 Å². The zero-order valence-electron chi connectivity index (χ0n) is 11.7. The van der Waals surface area contributed by atoms with E-state index in [0.717, 1.165) is 19.4 Å². The van der Waals surface area contributed by atoms with Crippen molar-refractivity contribution in [2.45, 2.75) is 36.4 Å². The molecular formula is C13H18ClF3N2O2S. The van der Waals surface area contributed by atoms with Crippen molar-refractivity contribution in [3.63, 3.8) is 0 Å². The van der Waals surface area contributed by atoms with Gasteiger partial charge in [0.1, 0.15) is 0 Å². The first-order valence-corrected chi connectivity index (χ1v) is 8.13. The van der Waals surface area contributed by atoms with E-state index in [0.29, 0.717) is 6.54 Å². The lowest BCUT2D eigenvalue weighted by atomic mass is 10.1. The minimum atomic E-state index is -4.30. The Kier molecular flexibility index (Phi) is 6.66. The van der Waals surface area contributed by atoms with Crippen molar-refractivity contribution >= 4 is 22.4 Å². The maximum atomic E-state index is 12.2. The summed E-state index contributed by atoms with van der Waals surface area (Å²) in [7, 11) is -3.69. The van der Waals surface area contributed by atoms with E-state index in [1.165, 1.54) is 24.3 Å². The molecule has 126 valence electrons. The van der Waals surface area contributed by atoms with Crippen LogP contribution in [0.25, 0.3) is 0 Å². The minimum absolute atomic E-state index is 0. The molecule has 0 aromatic heterocycles. The molecule has 4 nitrogen and oxygen atoms in total. The quantitative estimate of drug-likeness (QED) is 0.868. The van der Waals surface area contributed by atoms with Gasteiger partial charge in [0.15, 0.2) is 0 Å². The second-order valence-electron chi connectivity index (χ2n) is 5.10. The Bertz CT molecular complexity index is 570. The van der Waals surface area contributed by atoms with Crippen molar-refractivity contribution in [1.29, 1.82) is 0 Å². The number of nitrogens with one attached hydrogen (secondary N) is 2. The Balaban J connectivity index is 0.00000242. The van der Waals surface area contributed by atoms with Crippen LogP contribution in [0.5, 0.6) is 0 Å². The Hall–Kier alpha value is -0.830. The topological polar surface area (TPSA) is 58.2 Å². The zero-order chi connectivity index (χ0) is 15.5. The zero-order valence-corrected chi connectivity index (χ0v) is 13.3. The van der Waals surface area contributed by atoms with E-state index in [9.17, 15) is 21.6 Å². The molecule has 1 aliphatic rings. The number of hydrogen-bond acceptors (Lipinski definition) is 3. The summed E-state index contributed by atoms with van der Waals surface area (Å²) in [6.07, 6.45) is -3.73. The van der Waals surface area contributed by atoms with Gasteiger partial charge in [0.2, 0.25) is 10.0 Å². The van der Waals surface area contributed by atoms with Crippen LogP contribution in [0.2, 0.25) is 0 Å². The van der Waals surface area contributed by atoms with Crippen LogP contribution in [-0.4, -0.2) is 33.7 Å². The normalized spacial score (nSPS) is 19.5. The Morgan fingerprint density at radius 3 is 2.36 bits per heavy atom. The average Bonchev–Trinajstić information content (AvgIpc) is 2.38. The summed E-state index contributed by atoms with van der Waals surface area (Å²) in [6, 6.07) is 4.63. The summed E-state index contributed by atoms with van der Waals surface area (Å²) in [4.78, 5) is -0.0148. The van der Waals surface area contributed by atoms with Crippen LogP contribution in [0.1, 0.15) is 18.4 Å². The molecule has 2 N–H and O–H groups in total. The predicted octanol–water partition coefficient (Wildman–Crippen LogP) is 2.24. The first-order chi connectivity index (χ1) is 9.76. The molecule has 22 heavy (non-hydrogen) atoms. The maximum Gasteiger partial charge on any atom is 0.393 e. The molecule has 1 aromatic carbocycles. The Morgan fingerprint density at radius 2 is 1.86 bits per heavy atom. The number of hydrogen-bond donors (Lipinski definition) is 2. The van der Waals surface area contributed by atoms with Gasteiger partial charge in [0.05, 0.1) is 11.3 Å². The van der Waals surface area contributed by atoms with E-state index >= 15 is 0 Å². The standard InChI is InChI=1S/C13H17F3N2O2S.ClH/c14-13(15,16)8-10-3-5-12(6-4-10)21(19,20)18-11-2-1-7-17-9-11;/h3-6,11,17-18H,1-2,7-9H2;1H. The predicted molar refractivity (Wildman–Crippen MR) is 79.7 cm³/mol. The molecule has 0 amide bonds. The third-order valence-electron chi connectivity index (χ3n) is 3.26. The Morgan fingerprint density at radius 1 is 1.23 bits per heavy atom. The number of alkyl halides is 3. The van der Waals surface area contributed by atoms with Crippen molar-refractivity contribution in [3.8, 4) is 0 Å². The van der Waals surface area contributed by atoms with Crippen LogP contribution in [0.15, 0.2) is 29.2 Å². The molecule has 1 heterocycles. The third kappa shape index (κ3) is 5.75. The monoisotopic (exact) mass is 358 g/mol. The first kappa shape index (κ1) is 19.2. The second kappa shape index (κ2) is 7.63. The molecule has 0 bridgehead atoms. The summed E-state index contributed by atoms with van der Waals surface area (Å²) in [5, 5.41) is 3.09. The fraction of sp³-hybridized carbons (Fsp3) is 0.538. The molecule has 0 aliphatic carbocycles. The van der Waals surface area contributed by atoms with Gasteiger partial charge in [-0.1, -0.05) is 12.1 Å². The van der Waals surface area contributed by atoms with Gasteiger partial charge in [0.25, 0.3) is 0 Å². The number of sulfonamides is 1. The van der Waals surface area contributed by atoms with Gasteiger partial charge in [0, 0.05) is 12.6 Å². The van der Waals surface area contributed by atoms with Gasteiger partial charge in [-0.15, -0.1) is 12.4 Å². The lowest BCUT2D eigenvalue weighted by Gasteiger charge is -2.23. The van der Waals surface area contributed by atoms with Crippen LogP contribution in [0.4, 0.5) is 13.2 Å². The number of benzene rings is 1. The lowest BCUT2D eigenvalue weighted by Crippen LogP contribution is -2.45. The van der Waals surface area contributed by atoms with Crippen LogP contribution in [-0.2, 0) is 16.4 Å². The maximum absolute atomic E-state index is 12.2. The number of halogens is 4. The van der Waals surface area contributed by atoms with E-state index in [-0.39, 0.29) is 28.9 Å². The molecule has 2 rings (SSSR count). The van der Waals surface area contributed by atoms with E-state index in [2.05, 4.69) is 10.0 Å². The van der Waals surface area contributed by atoms with Crippen LogP contribution < -0.4 is 10.0 Å².